The number of pyridine rings is 2. The lowest BCUT2D eigenvalue weighted by atomic mass is 10.3. The first kappa shape index (κ1) is 7.49. The van der Waals surface area contributed by atoms with Crippen LogP contribution in [0, 0.1) is 5.21 Å². The van der Waals surface area contributed by atoms with Crippen LogP contribution in [-0.2, 0) is 0 Å². The maximum Gasteiger partial charge on any atom is 0.243 e. The zero-order valence-corrected chi connectivity index (χ0v) is 7.65. The molecule has 0 aliphatic heterocycles. The molecular formula is C8H5BrN2O. The highest BCUT2D eigenvalue weighted by Gasteiger charge is 2.04. The van der Waals surface area contributed by atoms with Crippen molar-refractivity contribution in [3.63, 3.8) is 0 Å². The van der Waals surface area contributed by atoms with Crippen LogP contribution in [0.2, 0.25) is 0 Å². The molecular weight excluding hydrogens is 220 g/mol. The lowest BCUT2D eigenvalue weighted by Crippen LogP contribution is -2.25. The molecule has 0 aromatic carbocycles. The first-order valence-corrected chi connectivity index (χ1v) is 4.20. The molecule has 0 aliphatic rings. The third-order valence-corrected chi connectivity index (χ3v) is 2.27. The number of hydrogen-bond acceptors (Lipinski definition) is 2. The molecule has 2 heterocycles. The van der Waals surface area contributed by atoms with E-state index in [1.807, 2.05) is 6.07 Å². The van der Waals surface area contributed by atoms with E-state index in [1.54, 1.807) is 18.5 Å². The quantitative estimate of drug-likeness (QED) is 0.505. The molecule has 0 spiro atoms. The van der Waals surface area contributed by atoms with Gasteiger partial charge in [0.1, 0.15) is 6.20 Å². The lowest BCUT2D eigenvalue weighted by molar-refractivity contribution is -0.577. The van der Waals surface area contributed by atoms with E-state index in [0.717, 1.165) is 14.6 Å². The first-order valence-electron chi connectivity index (χ1n) is 3.40. The van der Waals surface area contributed by atoms with Gasteiger partial charge in [0, 0.05) is 16.7 Å². The third-order valence-electron chi connectivity index (χ3n) is 1.64. The number of halogens is 1. The SMILES string of the molecule is [O-][n+]1cccc2c(Br)cncc21. The Balaban J connectivity index is 2.94. The zero-order valence-electron chi connectivity index (χ0n) is 6.07. The largest absolute Gasteiger partial charge is 0.618 e. The number of fused-ring (bicyclic) bond motifs is 1. The Hall–Kier alpha value is -1.16. The minimum absolute atomic E-state index is 0.576. The molecule has 0 radical (unpaired) electrons. The van der Waals surface area contributed by atoms with Crippen LogP contribution in [0.5, 0.6) is 0 Å². The molecule has 0 N–H and O–H groups in total. The van der Waals surface area contributed by atoms with Crippen molar-refractivity contribution in [3.8, 4) is 0 Å². The Morgan fingerprint density at radius 1 is 1.42 bits per heavy atom. The van der Waals surface area contributed by atoms with Crippen LogP contribution in [0.15, 0.2) is 35.2 Å². The highest BCUT2D eigenvalue weighted by atomic mass is 79.9. The summed E-state index contributed by atoms with van der Waals surface area (Å²) in [6, 6.07) is 3.58. The molecule has 0 bridgehead atoms. The molecule has 0 amide bonds. The molecule has 2 aromatic rings. The maximum atomic E-state index is 11.2. The molecule has 0 atom stereocenters. The summed E-state index contributed by atoms with van der Waals surface area (Å²) >= 11 is 3.32. The van der Waals surface area contributed by atoms with E-state index in [9.17, 15) is 5.21 Å². The van der Waals surface area contributed by atoms with Gasteiger partial charge >= 0.3 is 0 Å². The van der Waals surface area contributed by atoms with E-state index >= 15 is 0 Å². The van der Waals surface area contributed by atoms with Crippen LogP contribution in [0.4, 0.5) is 0 Å². The van der Waals surface area contributed by atoms with Gasteiger partial charge < -0.3 is 5.21 Å². The second-order valence-corrected chi connectivity index (χ2v) is 3.24. The fraction of sp³-hybridized carbons (Fsp3) is 0. The molecule has 0 aliphatic carbocycles. The van der Waals surface area contributed by atoms with Crippen molar-refractivity contribution < 1.29 is 4.73 Å². The minimum atomic E-state index is 0.576. The Labute approximate surface area is 77.4 Å². The van der Waals surface area contributed by atoms with Crippen LogP contribution >= 0.6 is 15.9 Å². The summed E-state index contributed by atoms with van der Waals surface area (Å²) in [6.07, 6.45) is 4.67. The number of aromatic nitrogens is 2. The van der Waals surface area contributed by atoms with Gasteiger partial charge in [0.2, 0.25) is 5.52 Å². The van der Waals surface area contributed by atoms with Crippen molar-refractivity contribution in [2.75, 3.05) is 0 Å². The van der Waals surface area contributed by atoms with Crippen molar-refractivity contribution in [2.24, 2.45) is 0 Å². The van der Waals surface area contributed by atoms with Crippen LogP contribution in [0.1, 0.15) is 0 Å². The Bertz CT molecular complexity index is 389. The predicted molar refractivity (Wildman–Crippen MR) is 48.4 cm³/mol. The summed E-state index contributed by atoms with van der Waals surface area (Å²) in [5.74, 6) is 0. The molecule has 0 unspecified atom stereocenters. The monoisotopic (exact) mass is 224 g/mol. The highest BCUT2D eigenvalue weighted by molar-refractivity contribution is 9.10. The van der Waals surface area contributed by atoms with E-state index < -0.39 is 0 Å². The van der Waals surface area contributed by atoms with E-state index in [0.29, 0.717) is 5.52 Å². The first-order chi connectivity index (χ1) is 5.79. The van der Waals surface area contributed by atoms with E-state index in [2.05, 4.69) is 20.9 Å². The van der Waals surface area contributed by atoms with Gasteiger partial charge in [-0.1, -0.05) is 0 Å². The minimum Gasteiger partial charge on any atom is -0.618 e. The van der Waals surface area contributed by atoms with Gasteiger partial charge in [0.05, 0.1) is 5.39 Å². The van der Waals surface area contributed by atoms with E-state index in [1.165, 1.54) is 6.20 Å². The van der Waals surface area contributed by atoms with Gasteiger partial charge in [-0.25, -0.2) is 0 Å². The molecule has 2 rings (SSSR count). The molecule has 4 heteroatoms. The molecule has 3 nitrogen and oxygen atoms in total. The summed E-state index contributed by atoms with van der Waals surface area (Å²) in [5, 5.41) is 12.1. The van der Waals surface area contributed by atoms with E-state index in [4.69, 9.17) is 0 Å². The van der Waals surface area contributed by atoms with Crippen molar-refractivity contribution in [3.05, 3.63) is 40.4 Å². The summed E-state index contributed by atoms with van der Waals surface area (Å²) < 4.78 is 1.64. The molecule has 12 heavy (non-hydrogen) atoms. The van der Waals surface area contributed by atoms with Crippen molar-refractivity contribution >= 4 is 26.8 Å². The standard InChI is InChI=1S/C8H5BrN2O/c9-7-4-10-5-8-6(7)2-1-3-11(8)12/h1-5H. The summed E-state index contributed by atoms with van der Waals surface area (Å²) in [5.41, 5.74) is 0.576. The Morgan fingerprint density at radius 3 is 3.00 bits per heavy atom. The fourth-order valence-electron chi connectivity index (χ4n) is 1.07. The average molecular weight is 225 g/mol. The fourth-order valence-corrected chi connectivity index (χ4v) is 1.53. The van der Waals surface area contributed by atoms with E-state index in [-0.39, 0.29) is 0 Å². The smallest absolute Gasteiger partial charge is 0.243 e. The third kappa shape index (κ3) is 1.04. The van der Waals surface area contributed by atoms with Crippen LogP contribution in [-0.4, -0.2) is 4.98 Å². The van der Waals surface area contributed by atoms with Gasteiger partial charge in [0.15, 0.2) is 6.20 Å². The lowest BCUT2D eigenvalue weighted by Gasteiger charge is -2.00. The molecule has 2 aromatic heterocycles. The van der Waals surface area contributed by atoms with Crippen molar-refractivity contribution in [1.82, 2.24) is 4.98 Å². The van der Waals surface area contributed by atoms with Crippen LogP contribution in [0.25, 0.3) is 10.9 Å². The van der Waals surface area contributed by atoms with Gasteiger partial charge in [0.25, 0.3) is 0 Å². The number of nitrogens with zero attached hydrogens (tertiary/aromatic N) is 2. The van der Waals surface area contributed by atoms with Crippen LogP contribution in [0.3, 0.4) is 0 Å². The number of hydrogen-bond donors (Lipinski definition) is 0. The van der Waals surface area contributed by atoms with Gasteiger partial charge in [-0.2, -0.15) is 4.73 Å². The molecule has 60 valence electrons. The summed E-state index contributed by atoms with van der Waals surface area (Å²) in [6.45, 7) is 0. The van der Waals surface area contributed by atoms with Crippen LogP contribution < -0.4 is 4.73 Å². The zero-order chi connectivity index (χ0) is 8.55. The van der Waals surface area contributed by atoms with Gasteiger partial charge in [-0.15, -0.1) is 0 Å². The maximum absolute atomic E-state index is 11.2. The molecule has 0 fully saturated rings. The van der Waals surface area contributed by atoms with Gasteiger partial charge in [-0.05, 0) is 22.0 Å². The molecule has 0 saturated carbocycles. The van der Waals surface area contributed by atoms with Crippen molar-refractivity contribution in [2.45, 2.75) is 0 Å². The second-order valence-electron chi connectivity index (χ2n) is 2.39. The van der Waals surface area contributed by atoms with Crippen molar-refractivity contribution in [1.29, 1.82) is 0 Å². The van der Waals surface area contributed by atoms with Gasteiger partial charge in [-0.3, -0.25) is 4.98 Å². The second kappa shape index (κ2) is 2.71. The average Bonchev–Trinajstić information content (AvgIpc) is 2.07. The highest BCUT2D eigenvalue weighted by Crippen LogP contribution is 2.18. The Kier molecular flexibility index (Phi) is 1.69. The normalized spacial score (nSPS) is 10.4. The number of rotatable bonds is 0. The Morgan fingerprint density at radius 2 is 2.25 bits per heavy atom. The predicted octanol–water partition coefficient (Wildman–Crippen LogP) is 1.63. The molecule has 0 saturated heterocycles. The summed E-state index contributed by atoms with van der Waals surface area (Å²) in [7, 11) is 0. The summed E-state index contributed by atoms with van der Waals surface area (Å²) in [4.78, 5) is 3.91. The topological polar surface area (TPSA) is 39.8 Å².